The lowest BCUT2D eigenvalue weighted by atomic mass is 9.94. The number of hydrogen-bond acceptors (Lipinski definition) is 5. The summed E-state index contributed by atoms with van der Waals surface area (Å²) in [7, 11) is 1.53. The molecule has 9 heteroatoms. The lowest BCUT2D eigenvalue weighted by molar-refractivity contribution is -0.140. The molecule has 1 aliphatic heterocycles. The Kier molecular flexibility index (Phi) is 9.25. The zero-order valence-electron chi connectivity index (χ0n) is 20.3. The Morgan fingerprint density at radius 2 is 1.77 bits per heavy atom. The summed E-state index contributed by atoms with van der Waals surface area (Å²) >= 11 is 0. The molecular weight excluding hydrogens is 448 g/mol. The Morgan fingerprint density at radius 3 is 2.43 bits per heavy atom. The van der Waals surface area contributed by atoms with Gasteiger partial charge in [-0.1, -0.05) is 49.4 Å². The maximum Gasteiger partial charge on any atom is 0.338 e. The molecule has 1 heterocycles. The number of carbonyl (C=O) groups excluding carboxylic acids is 3. The predicted octanol–water partition coefficient (Wildman–Crippen LogP) is 3.95. The van der Waals surface area contributed by atoms with Gasteiger partial charge in [-0.3, -0.25) is 4.90 Å². The van der Waals surface area contributed by atoms with Crippen LogP contribution in [0.4, 0.5) is 15.3 Å². The predicted molar refractivity (Wildman–Crippen MR) is 133 cm³/mol. The number of allylic oxidation sites excluding steroid dienone is 1. The molecule has 0 aliphatic carbocycles. The minimum atomic E-state index is -0.674. The van der Waals surface area contributed by atoms with Crippen molar-refractivity contribution in [2.45, 2.75) is 32.9 Å². The maximum absolute atomic E-state index is 12.9. The van der Waals surface area contributed by atoms with Crippen molar-refractivity contribution < 1.29 is 23.9 Å². The number of urea groups is 2. The molecule has 0 saturated carbocycles. The highest BCUT2D eigenvalue weighted by Crippen LogP contribution is 2.32. The molecule has 9 nitrogen and oxygen atoms in total. The van der Waals surface area contributed by atoms with Crippen molar-refractivity contribution >= 4 is 23.7 Å². The van der Waals surface area contributed by atoms with Crippen LogP contribution in [0.2, 0.25) is 0 Å². The van der Waals surface area contributed by atoms with Crippen LogP contribution in [-0.4, -0.2) is 49.8 Å². The molecule has 2 aromatic carbocycles. The zero-order chi connectivity index (χ0) is 25.2. The number of esters is 1. The molecule has 1 aliphatic rings. The maximum atomic E-state index is 12.9. The standard InChI is InChI=1S/C26H32N4O5/c1-4-14-30-18(2)22(24(31)35-16-15-34-3)23(29-26(30)33)20-10-12-21(13-11-20)28-25(32)27-17-19-8-6-5-7-9-19/h5-13,23H,4,14-17H2,1-3H3,(H,29,33)(H2,27,28,32). The van der Waals surface area contributed by atoms with Crippen LogP contribution in [0.25, 0.3) is 0 Å². The second-order valence-corrected chi connectivity index (χ2v) is 8.08. The van der Waals surface area contributed by atoms with E-state index in [4.69, 9.17) is 9.47 Å². The van der Waals surface area contributed by atoms with Crippen molar-refractivity contribution in [3.63, 3.8) is 0 Å². The van der Waals surface area contributed by atoms with Crippen molar-refractivity contribution in [3.8, 4) is 0 Å². The molecule has 1 unspecified atom stereocenters. The molecule has 0 fully saturated rings. The van der Waals surface area contributed by atoms with Crippen LogP contribution in [0.3, 0.4) is 0 Å². The third-order valence-electron chi connectivity index (χ3n) is 5.58. The number of anilines is 1. The normalized spacial score (nSPS) is 15.5. The Hall–Kier alpha value is -3.85. The molecule has 3 N–H and O–H groups in total. The number of benzene rings is 2. The van der Waals surface area contributed by atoms with E-state index < -0.39 is 12.0 Å². The number of carbonyl (C=O) groups is 3. The number of nitrogens with one attached hydrogen (secondary N) is 3. The molecular formula is C26H32N4O5. The summed E-state index contributed by atoms with van der Waals surface area (Å²) in [5.41, 5.74) is 3.21. The Labute approximate surface area is 205 Å². The number of ether oxygens (including phenoxy) is 2. The monoisotopic (exact) mass is 480 g/mol. The fourth-order valence-electron chi connectivity index (χ4n) is 3.80. The van der Waals surface area contributed by atoms with Gasteiger partial charge in [0.15, 0.2) is 0 Å². The van der Waals surface area contributed by atoms with Crippen LogP contribution in [0.5, 0.6) is 0 Å². The van der Waals surface area contributed by atoms with Crippen molar-refractivity contribution in [2.75, 3.05) is 32.2 Å². The van der Waals surface area contributed by atoms with Crippen molar-refractivity contribution in [2.24, 2.45) is 0 Å². The summed E-state index contributed by atoms with van der Waals surface area (Å²) in [4.78, 5) is 39.5. The lowest BCUT2D eigenvalue weighted by Gasteiger charge is -2.35. The van der Waals surface area contributed by atoms with E-state index in [1.165, 1.54) is 7.11 Å². The van der Waals surface area contributed by atoms with E-state index in [-0.39, 0.29) is 25.3 Å². The fraction of sp³-hybridized carbons (Fsp3) is 0.346. The summed E-state index contributed by atoms with van der Waals surface area (Å²) in [6, 6.07) is 15.3. The first kappa shape index (κ1) is 25.8. The number of methoxy groups -OCH3 is 1. The number of nitrogens with zero attached hydrogens (tertiary/aromatic N) is 1. The Balaban J connectivity index is 1.74. The highest BCUT2D eigenvalue weighted by atomic mass is 16.6. The SMILES string of the molecule is CCCN1C(=O)NC(c2ccc(NC(=O)NCc3ccccc3)cc2)C(C(=O)OCCOC)=C1C. The summed E-state index contributed by atoms with van der Waals surface area (Å²) in [5, 5.41) is 8.51. The first-order chi connectivity index (χ1) is 16.9. The summed E-state index contributed by atoms with van der Waals surface area (Å²) < 4.78 is 10.3. The average molecular weight is 481 g/mol. The van der Waals surface area contributed by atoms with Gasteiger partial charge in [0, 0.05) is 31.6 Å². The second-order valence-electron chi connectivity index (χ2n) is 8.08. The molecule has 2 aromatic rings. The topological polar surface area (TPSA) is 109 Å². The summed E-state index contributed by atoms with van der Waals surface area (Å²) in [6.45, 7) is 5.00. The van der Waals surface area contributed by atoms with E-state index in [1.54, 1.807) is 36.1 Å². The second kappa shape index (κ2) is 12.6. The number of amides is 4. The third-order valence-corrected chi connectivity index (χ3v) is 5.58. The van der Waals surface area contributed by atoms with E-state index >= 15 is 0 Å². The summed E-state index contributed by atoms with van der Waals surface area (Å²) in [5.74, 6) is -0.506. The molecule has 1 atom stereocenters. The van der Waals surface area contributed by atoms with Crippen LogP contribution in [-0.2, 0) is 20.8 Å². The highest BCUT2D eigenvalue weighted by Gasteiger charge is 2.36. The summed E-state index contributed by atoms with van der Waals surface area (Å²) in [6.07, 6.45) is 0.744. The van der Waals surface area contributed by atoms with Gasteiger partial charge in [0.1, 0.15) is 6.61 Å². The van der Waals surface area contributed by atoms with Gasteiger partial charge in [-0.05, 0) is 36.6 Å². The minimum absolute atomic E-state index is 0.113. The van der Waals surface area contributed by atoms with Gasteiger partial charge in [-0.2, -0.15) is 0 Å². The largest absolute Gasteiger partial charge is 0.460 e. The van der Waals surface area contributed by atoms with Gasteiger partial charge in [0.25, 0.3) is 0 Å². The first-order valence-corrected chi connectivity index (χ1v) is 11.6. The van der Waals surface area contributed by atoms with Crippen LogP contribution < -0.4 is 16.0 Å². The van der Waals surface area contributed by atoms with Crippen molar-refractivity contribution in [1.29, 1.82) is 0 Å². The molecule has 35 heavy (non-hydrogen) atoms. The molecule has 0 spiro atoms. The molecule has 0 saturated heterocycles. The van der Waals surface area contributed by atoms with Gasteiger partial charge in [0.2, 0.25) is 0 Å². The molecule has 186 valence electrons. The van der Waals surface area contributed by atoms with Gasteiger partial charge in [-0.25, -0.2) is 14.4 Å². The van der Waals surface area contributed by atoms with E-state index in [9.17, 15) is 14.4 Å². The Morgan fingerprint density at radius 1 is 1.06 bits per heavy atom. The average Bonchev–Trinajstić information content (AvgIpc) is 2.86. The van der Waals surface area contributed by atoms with Crippen molar-refractivity contribution in [3.05, 3.63) is 77.0 Å². The number of rotatable bonds is 10. The Bertz CT molecular complexity index is 1050. The highest BCUT2D eigenvalue weighted by molar-refractivity contribution is 5.95. The van der Waals surface area contributed by atoms with Gasteiger partial charge < -0.3 is 25.4 Å². The quantitative estimate of drug-likeness (QED) is 0.352. The van der Waals surface area contributed by atoms with Crippen LogP contribution in [0.15, 0.2) is 65.9 Å². The van der Waals surface area contributed by atoms with E-state index in [0.717, 1.165) is 12.0 Å². The molecule has 0 radical (unpaired) electrons. The van der Waals surface area contributed by atoms with Gasteiger partial charge >= 0.3 is 18.0 Å². The first-order valence-electron chi connectivity index (χ1n) is 11.6. The third kappa shape index (κ3) is 6.83. The smallest absolute Gasteiger partial charge is 0.338 e. The van der Waals surface area contributed by atoms with E-state index in [1.807, 2.05) is 37.3 Å². The van der Waals surface area contributed by atoms with E-state index in [0.29, 0.717) is 35.6 Å². The molecule has 0 bridgehead atoms. The van der Waals surface area contributed by atoms with Crippen LogP contribution in [0.1, 0.15) is 37.4 Å². The van der Waals surface area contributed by atoms with Crippen LogP contribution in [0, 0.1) is 0 Å². The van der Waals surface area contributed by atoms with Crippen LogP contribution >= 0.6 is 0 Å². The molecule has 4 amide bonds. The lowest BCUT2D eigenvalue weighted by Crippen LogP contribution is -2.48. The minimum Gasteiger partial charge on any atom is -0.460 e. The van der Waals surface area contributed by atoms with Crippen molar-refractivity contribution in [1.82, 2.24) is 15.5 Å². The van der Waals surface area contributed by atoms with Gasteiger partial charge in [-0.15, -0.1) is 0 Å². The molecule has 0 aromatic heterocycles. The van der Waals surface area contributed by atoms with E-state index in [2.05, 4.69) is 16.0 Å². The zero-order valence-corrected chi connectivity index (χ0v) is 20.3. The number of hydrogen-bond donors (Lipinski definition) is 3. The van der Waals surface area contributed by atoms with Gasteiger partial charge in [0.05, 0.1) is 18.2 Å². The fourth-order valence-corrected chi connectivity index (χ4v) is 3.80. The molecule has 3 rings (SSSR count).